The van der Waals surface area contributed by atoms with E-state index in [9.17, 15) is 4.79 Å². The number of fused-ring (bicyclic) bond motifs is 1. The predicted octanol–water partition coefficient (Wildman–Crippen LogP) is 5.07. The topological polar surface area (TPSA) is 29.5 Å². The Hall–Kier alpha value is -2.26. The highest BCUT2D eigenvalue weighted by Gasteiger charge is 2.30. The highest BCUT2D eigenvalue weighted by atomic mass is 35.5. The summed E-state index contributed by atoms with van der Waals surface area (Å²) in [6.07, 6.45) is 3.69. The Balaban J connectivity index is 2.05. The van der Waals surface area contributed by atoms with Crippen LogP contribution in [-0.4, -0.2) is 12.7 Å². The van der Waals surface area contributed by atoms with Crippen LogP contribution in [0.5, 0.6) is 0 Å². The molecule has 0 aliphatic carbocycles. The maximum absolute atomic E-state index is 12.5. The standard InChI is InChI=1S/C18H16ClNO2/c1-2-22-18(21)20-16-6-4-3-5-13(16)9-12-17(20)14-7-10-15(19)11-8-14/h3-12,17H,2H2,1H3. The first kappa shape index (κ1) is 14.7. The molecule has 0 fully saturated rings. The number of halogens is 1. The third-order valence-corrected chi connectivity index (χ3v) is 3.86. The summed E-state index contributed by atoms with van der Waals surface area (Å²) < 4.78 is 5.24. The molecule has 1 amide bonds. The van der Waals surface area contributed by atoms with Crippen molar-refractivity contribution in [2.75, 3.05) is 11.5 Å². The minimum absolute atomic E-state index is 0.203. The van der Waals surface area contributed by atoms with Crippen molar-refractivity contribution in [3.05, 3.63) is 70.8 Å². The molecule has 4 heteroatoms. The molecule has 1 unspecified atom stereocenters. The van der Waals surface area contributed by atoms with Gasteiger partial charge in [0.25, 0.3) is 0 Å². The smallest absolute Gasteiger partial charge is 0.415 e. The maximum Gasteiger partial charge on any atom is 0.415 e. The highest BCUT2D eigenvalue weighted by Crippen LogP contribution is 2.37. The van der Waals surface area contributed by atoms with Crippen molar-refractivity contribution in [3.63, 3.8) is 0 Å². The molecule has 1 aliphatic rings. The predicted molar refractivity (Wildman–Crippen MR) is 89.2 cm³/mol. The number of rotatable bonds is 2. The summed E-state index contributed by atoms with van der Waals surface area (Å²) in [5.41, 5.74) is 2.84. The number of carbonyl (C=O) groups excluding carboxylic acids is 1. The molecule has 0 aromatic heterocycles. The number of nitrogens with zero attached hydrogens (tertiary/aromatic N) is 1. The molecule has 0 saturated heterocycles. The normalized spacial score (nSPS) is 16.3. The van der Waals surface area contributed by atoms with E-state index in [1.54, 1.807) is 11.8 Å². The Morgan fingerprint density at radius 2 is 1.91 bits per heavy atom. The van der Waals surface area contributed by atoms with Crippen molar-refractivity contribution in [2.45, 2.75) is 13.0 Å². The Kier molecular flexibility index (Phi) is 4.16. The average molecular weight is 314 g/mol. The second-order valence-corrected chi connectivity index (χ2v) is 5.42. The van der Waals surface area contributed by atoms with E-state index in [0.29, 0.717) is 11.6 Å². The van der Waals surface area contributed by atoms with Gasteiger partial charge >= 0.3 is 6.09 Å². The quantitative estimate of drug-likeness (QED) is 0.774. The van der Waals surface area contributed by atoms with Gasteiger partial charge in [-0.1, -0.05) is 54.1 Å². The lowest BCUT2D eigenvalue weighted by molar-refractivity contribution is 0.158. The molecule has 1 heterocycles. The summed E-state index contributed by atoms with van der Waals surface area (Å²) in [6.45, 7) is 2.15. The molecule has 112 valence electrons. The van der Waals surface area contributed by atoms with Gasteiger partial charge < -0.3 is 4.74 Å². The van der Waals surface area contributed by atoms with E-state index >= 15 is 0 Å². The number of ether oxygens (including phenoxy) is 1. The third kappa shape index (κ3) is 2.72. The summed E-state index contributed by atoms with van der Waals surface area (Å²) in [4.78, 5) is 14.1. The van der Waals surface area contributed by atoms with Crippen LogP contribution in [0, 0.1) is 0 Å². The molecular formula is C18H16ClNO2. The largest absolute Gasteiger partial charge is 0.449 e. The summed E-state index contributed by atoms with van der Waals surface area (Å²) in [7, 11) is 0. The molecule has 3 nitrogen and oxygen atoms in total. The number of hydrogen-bond donors (Lipinski definition) is 0. The molecular weight excluding hydrogens is 298 g/mol. The number of benzene rings is 2. The molecule has 0 spiro atoms. The van der Waals surface area contributed by atoms with E-state index in [4.69, 9.17) is 16.3 Å². The second kappa shape index (κ2) is 6.24. The van der Waals surface area contributed by atoms with Crippen molar-refractivity contribution in [1.29, 1.82) is 0 Å². The Morgan fingerprint density at radius 3 is 2.64 bits per heavy atom. The van der Waals surface area contributed by atoms with Gasteiger partial charge in [-0.2, -0.15) is 0 Å². The maximum atomic E-state index is 12.5. The molecule has 2 aromatic carbocycles. The van der Waals surface area contributed by atoms with Crippen molar-refractivity contribution in [1.82, 2.24) is 0 Å². The average Bonchev–Trinajstić information content (AvgIpc) is 2.55. The summed E-state index contributed by atoms with van der Waals surface area (Å²) in [6, 6.07) is 15.1. The van der Waals surface area contributed by atoms with E-state index in [0.717, 1.165) is 16.8 Å². The van der Waals surface area contributed by atoms with Crippen molar-refractivity contribution >= 4 is 29.5 Å². The van der Waals surface area contributed by atoms with Crippen LogP contribution in [0.2, 0.25) is 5.02 Å². The third-order valence-electron chi connectivity index (χ3n) is 3.61. The lowest BCUT2D eigenvalue weighted by Crippen LogP contribution is -2.36. The van der Waals surface area contributed by atoms with Crippen LogP contribution >= 0.6 is 11.6 Å². The summed E-state index contributed by atoms with van der Waals surface area (Å²) in [5, 5.41) is 0.673. The molecule has 0 radical (unpaired) electrons. The fraction of sp³-hybridized carbons (Fsp3) is 0.167. The zero-order chi connectivity index (χ0) is 15.5. The number of carbonyl (C=O) groups is 1. The molecule has 3 rings (SSSR count). The first-order chi connectivity index (χ1) is 10.7. The van der Waals surface area contributed by atoms with Crippen LogP contribution in [0.15, 0.2) is 54.6 Å². The van der Waals surface area contributed by atoms with Gasteiger partial charge in [0, 0.05) is 5.02 Å². The zero-order valence-corrected chi connectivity index (χ0v) is 13.0. The van der Waals surface area contributed by atoms with Gasteiger partial charge in [0.05, 0.1) is 18.3 Å². The molecule has 2 aromatic rings. The fourth-order valence-corrected chi connectivity index (χ4v) is 2.73. The number of anilines is 1. The second-order valence-electron chi connectivity index (χ2n) is 4.98. The van der Waals surface area contributed by atoms with E-state index in [1.807, 2.05) is 60.7 Å². The molecule has 22 heavy (non-hydrogen) atoms. The molecule has 0 bridgehead atoms. The van der Waals surface area contributed by atoms with E-state index in [2.05, 4.69) is 0 Å². The van der Waals surface area contributed by atoms with Gasteiger partial charge in [-0.15, -0.1) is 0 Å². The Morgan fingerprint density at radius 1 is 1.18 bits per heavy atom. The SMILES string of the molecule is CCOC(=O)N1c2ccccc2C=CC1c1ccc(Cl)cc1. The van der Waals surface area contributed by atoms with Crippen LogP contribution in [0.25, 0.3) is 6.08 Å². The molecule has 1 aliphatic heterocycles. The zero-order valence-electron chi connectivity index (χ0n) is 12.2. The minimum Gasteiger partial charge on any atom is -0.449 e. The van der Waals surface area contributed by atoms with Gasteiger partial charge in [0.1, 0.15) is 0 Å². The van der Waals surface area contributed by atoms with Gasteiger partial charge in [0.15, 0.2) is 0 Å². The fourth-order valence-electron chi connectivity index (χ4n) is 2.60. The van der Waals surface area contributed by atoms with Gasteiger partial charge in [0.2, 0.25) is 0 Å². The molecule has 0 N–H and O–H groups in total. The summed E-state index contributed by atoms with van der Waals surface area (Å²) >= 11 is 5.96. The number of amides is 1. The van der Waals surface area contributed by atoms with Crippen molar-refractivity contribution in [3.8, 4) is 0 Å². The van der Waals surface area contributed by atoms with E-state index in [-0.39, 0.29) is 12.1 Å². The number of hydrogen-bond acceptors (Lipinski definition) is 2. The summed E-state index contributed by atoms with van der Waals surface area (Å²) in [5.74, 6) is 0. The minimum atomic E-state index is -0.348. The van der Waals surface area contributed by atoms with Gasteiger partial charge in [-0.25, -0.2) is 4.79 Å². The van der Waals surface area contributed by atoms with Crippen LogP contribution < -0.4 is 4.90 Å². The van der Waals surface area contributed by atoms with Crippen LogP contribution in [0.4, 0.5) is 10.5 Å². The monoisotopic (exact) mass is 313 g/mol. The highest BCUT2D eigenvalue weighted by molar-refractivity contribution is 6.30. The van der Waals surface area contributed by atoms with Gasteiger partial charge in [-0.05, 0) is 36.2 Å². The molecule has 0 saturated carbocycles. The van der Waals surface area contributed by atoms with Gasteiger partial charge in [-0.3, -0.25) is 4.90 Å². The van der Waals surface area contributed by atoms with Crippen LogP contribution in [0.1, 0.15) is 24.1 Å². The first-order valence-electron chi connectivity index (χ1n) is 7.19. The lowest BCUT2D eigenvalue weighted by Gasteiger charge is -2.33. The van der Waals surface area contributed by atoms with Crippen molar-refractivity contribution in [2.24, 2.45) is 0 Å². The lowest BCUT2D eigenvalue weighted by atomic mass is 9.98. The van der Waals surface area contributed by atoms with Crippen LogP contribution in [0.3, 0.4) is 0 Å². The Bertz CT molecular complexity index is 709. The van der Waals surface area contributed by atoms with Crippen LogP contribution in [-0.2, 0) is 4.74 Å². The number of para-hydroxylation sites is 1. The molecule has 1 atom stereocenters. The van der Waals surface area contributed by atoms with E-state index < -0.39 is 0 Å². The first-order valence-corrected chi connectivity index (χ1v) is 7.57. The Labute approximate surface area is 134 Å². The van der Waals surface area contributed by atoms with E-state index in [1.165, 1.54) is 0 Å². The van der Waals surface area contributed by atoms with Crippen molar-refractivity contribution < 1.29 is 9.53 Å².